The minimum Gasteiger partial charge on any atom is -0.351 e. The summed E-state index contributed by atoms with van der Waals surface area (Å²) in [6, 6.07) is 6.66. The summed E-state index contributed by atoms with van der Waals surface area (Å²) in [6.45, 7) is 0. The van der Waals surface area contributed by atoms with Gasteiger partial charge in [0.25, 0.3) is 0 Å². The molecule has 0 bridgehead atoms. The molecule has 0 saturated carbocycles. The molecule has 21 heavy (non-hydrogen) atoms. The predicted octanol–water partition coefficient (Wildman–Crippen LogP) is 4.67. The first-order valence-electron chi connectivity index (χ1n) is 5.93. The van der Waals surface area contributed by atoms with Gasteiger partial charge in [0.1, 0.15) is 5.52 Å². The Bertz CT molecular complexity index is 850. The van der Waals surface area contributed by atoms with Crippen molar-refractivity contribution in [1.82, 2.24) is 9.97 Å². The van der Waals surface area contributed by atoms with Crippen LogP contribution in [0.25, 0.3) is 11.0 Å². The lowest BCUT2D eigenvalue weighted by Crippen LogP contribution is -2.00. The van der Waals surface area contributed by atoms with Gasteiger partial charge in [0.05, 0.1) is 28.2 Å². The van der Waals surface area contributed by atoms with E-state index >= 15 is 0 Å². The minimum absolute atomic E-state index is 0.0498. The second-order valence-corrected chi connectivity index (χ2v) is 5.64. The van der Waals surface area contributed by atoms with Crippen molar-refractivity contribution < 1.29 is 9.18 Å². The Morgan fingerprint density at radius 3 is 2.90 bits per heavy atom. The normalized spacial score (nSPS) is 10.8. The van der Waals surface area contributed by atoms with Crippen LogP contribution in [0.1, 0.15) is 10.4 Å². The summed E-state index contributed by atoms with van der Waals surface area (Å²) < 4.78 is 15.3. The van der Waals surface area contributed by atoms with Gasteiger partial charge in [-0.05, 0) is 24.3 Å². The monoisotopic (exact) mass is 367 g/mol. The molecular formula is C14H8BrClFN3O. The summed E-state index contributed by atoms with van der Waals surface area (Å²) in [5.74, 6) is -0.602. The highest BCUT2D eigenvalue weighted by molar-refractivity contribution is 9.10. The third-order valence-electron chi connectivity index (χ3n) is 3.00. The van der Waals surface area contributed by atoms with Crippen LogP contribution < -0.4 is 5.32 Å². The number of hydrogen-bond acceptors (Lipinski definition) is 3. The van der Waals surface area contributed by atoms with Gasteiger partial charge >= 0.3 is 0 Å². The van der Waals surface area contributed by atoms with Gasteiger partial charge in [-0.2, -0.15) is 0 Å². The maximum atomic E-state index is 14.5. The number of aromatic amines is 1. The van der Waals surface area contributed by atoms with Gasteiger partial charge in [-0.1, -0.05) is 27.5 Å². The number of hydrogen-bond donors (Lipinski definition) is 2. The van der Waals surface area contributed by atoms with Crippen LogP contribution in [-0.2, 0) is 0 Å². The molecule has 0 amide bonds. The number of aromatic nitrogens is 2. The number of rotatable bonds is 3. The molecule has 1 heterocycles. The largest absolute Gasteiger partial charge is 0.351 e. The van der Waals surface area contributed by atoms with Gasteiger partial charge < -0.3 is 10.3 Å². The van der Waals surface area contributed by atoms with Crippen molar-refractivity contribution in [1.29, 1.82) is 0 Å². The van der Waals surface area contributed by atoms with Gasteiger partial charge in [-0.25, -0.2) is 9.37 Å². The van der Waals surface area contributed by atoms with E-state index in [4.69, 9.17) is 11.6 Å². The smallest absolute Gasteiger partial charge is 0.175 e. The van der Waals surface area contributed by atoms with Crippen LogP contribution in [-0.4, -0.2) is 16.3 Å². The average Bonchev–Trinajstić information content (AvgIpc) is 2.92. The zero-order valence-corrected chi connectivity index (χ0v) is 12.8. The number of imidazole rings is 1. The third kappa shape index (κ3) is 2.52. The molecule has 106 valence electrons. The number of halogens is 3. The number of nitrogens with one attached hydrogen (secondary N) is 2. The Labute approximate surface area is 132 Å². The van der Waals surface area contributed by atoms with E-state index in [2.05, 4.69) is 31.2 Å². The highest BCUT2D eigenvalue weighted by Crippen LogP contribution is 2.33. The van der Waals surface area contributed by atoms with E-state index in [9.17, 15) is 9.18 Å². The molecule has 2 aromatic carbocycles. The van der Waals surface area contributed by atoms with Crippen LogP contribution in [0.15, 0.2) is 35.1 Å². The van der Waals surface area contributed by atoms with E-state index in [-0.39, 0.29) is 16.8 Å². The number of fused-ring (bicyclic) bond motifs is 1. The summed E-state index contributed by atoms with van der Waals surface area (Å²) in [5, 5.41) is 3.26. The van der Waals surface area contributed by atoms with Crippen molar-refractivity contribution in [2.24, 2.45) is 0 Å². The molecule has 0 aliphatic rings. The fourth-order valence-corrected chi connectivity index (χ4v) is 2.73. The molecule has 3 rings (SSSR count). The lowest BCUT2D eigenvalue weighted by molar-refractivity contribution is 0.112. The van der Waals surface area contributed by atoms with Crippen LogP contribution in [0.3, 0.4) is 0 Å². The van der Waals surface area contributed by atoms with Gasteiger partial charge in [-0.15, -0.1) is 0 Å². The van der Waals surface area contributed by atoms with Crippen LogP contribution in [0, 0.1) is 5.82 Å². The molecule has 7 heteroatoms. The van der Waals surface area contributed by atoms with Crippen LogP contribution in [0.5, 0.6) is 0 Å². The quantitative estimate of drug-likeness (QED) is 0.660. The number of H-pyrrole nitrogens is 1. The van der Waals surface area contributed by atoms with Crippen molar-refractivity contribution in [3.8, 4) is 0 Å². The van der Waals surface area contributed by atoms with Crippen LogP contribution in [0.4, 0.5) is 15.8 Å². The van der Waals surface area contributed by atoms with E-state index in [0.717, 1.165) is 4.47 Å². The highest BCUT2D eigenvalue weighted by Gasteiger charge is 2.16. The highest BCUT2D eigenvalue weighted by atomic mass is 79.9. The minimum atomic E-state index is -0.602. The summed E-state index contributed by atoms with van der Waals surface area (Å²) in [6.07, 6.45) is 1.96. The van der Waals surface area contributed by atoms with Crippen LogP contribution in [0.2, 0.25) is 5.02 Å². The maximum Gasteiger partial charge on any atom is 0.175 e. The van der Waals surface area contributed by atoms with E-state index in [1.54, 1.807) is 18.2 Å². The lowest BCUT2D eigenvalue weighted by atomic mass is 10.1. The molecule has 2 N–H and O–H groups in total. The second kappa shape index (κ2) is 5.46. The van der Waals surface area contributed by atoms with E-state index < -0.39 is 5.82 Å². The van der Waals surface area contributed by atoms with E-state index in [0.29, 0.717) is 22.5 Å². The number of carbonyl (C=O) groups is 1. The van der Waals surface area contributed by atoms with E-state index in [1.165, 1.54) is 12.4 Å². The van der Waals surface area contributed by atoms with Crippen molar-refractivity contribution >= 4 is 56.2 Å². The molecule has 0 unspecified atom stereocenters. The zero-order chi connectivity index (χ0) is 15.0. The molecule has 1 aromatic heterocycles. The predicted molar refractivity (Wildman–Crippen MR) is 83.9 cm³/mol. The fourth-order valence-electron chi connectivity index (χ4n) is 2.01. The Hall–Kier alpha value is -1.92. The number of aldehydes is 1. The summed E-state index contributed by atoms with van der Waals surface area (Å²) in [4.78, 5) is 17.9. The Balaban J connectivity index is 2.14. The van der Waals surface area contributed by atoms with Gasteiger partial charge in [-0.3, -0.25) is 4.79 Å². The van der Waals surface area contributed by atoms with Crippen molar-refractivity contribution in [2.45, 2.75) is 0 Å². The molecule has 3 aromatic rings. The molecule has 0 aliphatic heterocycles. The first kappa shape index (κ1) is 14.0. The topological polar surface area (TPSA) is 57.8 Å². The molecule has 0 spiro atoms. The van der Waals surface area contributed by atoms with Crippen molar-refractivity contribution in [2.75, 3.05) is 5.32 Å². The number of benzene rings is 2. The zero-order valence-electron chi connectivity index (χ0n) is 10.5. The molecule has 0 atom stereocenters. The SMILES string of the molecule is O=Cc1cc2[nH]cnc2c(F)c1Nc1ccc(Br)cc1Cl. The Morgan fingerprint density at radius 1 is 1.38 bits per heavy atom. The average molecular weight is 369 g/mol. The molecule has 4 nitrogen and oxygen atoms in total. The second-order valence-electron chi connectivity index (χ2n) is 4.32. The Kier molecular flexibility index (Phi) is 3.65. The standard InChI is InChI=1S/C14H8BrClFN3O/c15-8-1-2-10(9(16)4-8)20-13-7(5-21)3-11-14(12(13)17)19-6-18-11/h1-6,20H,(H,18,19). The summed E-state index contributed by atoms with van der Waals surface area (Å²) >= 11 is 9.39. The van der Waals surface area contributed by atoms with Gasteiger partial charge in [0.2, 0.25) is 0 Å². The molecular weight excluding hydrogens is 361 g/mol. The summed E-state index contributed by atoms with van der Waals surface area (Å²) in [5.41, 5.74) is 1.35. The van der Waals surface area contributed by atoms with E-state index in [1.807, 2.05) is 0 Å². The number of carbonyl (C=O) groups excluding carboxylic acids is 1. The number of nitrogens with zero attached hydrogens (tertiary/aromatic N) is 1. The number of anilines is 2. The molecule has 0 saturated heterocycles. The molecule has 0 fully saturated rings. The lowest BCUT2D eigenvalue weighted by Gasteiger charge is -2.12. The summed E-state index contributed by atoms with van der Waals surface area (Å²) in [7, 11) is 0. The third-order valence-corrected chi connectivity index (χ3v) is 3.81. The Morgan fingerprint density at radius 2 is 2.19 bits per heavy atom. The first-order valence-corrected chi connectivity index (χ1v) is 7.10. The first-order chi connectivity index (χ1) is 10.1. The molecule has 0 radical (unpaired) electrons. The maximum absolute atomic E-state index is 14.5. The van der Waals surface area contributed by atoms with Crippen molar-refractivity contribution in [3.05, 3.63) is 51.5 Å². The molecule has 0 aliphatic carbocycles. The van der Waals surface area contributed by atoms with Gasteiger partial charge in [0, 0.05) is 10.0 Å². The van der Waals surface area contributed by atoms with Crippen LogP contribution >= 0.6 is 27.5 Å². The van der Waals surface area contributed by atoms with Crippen molar-refractivity contribution in [3.63, 3.8) is 0 Å². The van der Waals surface area contributed by atoms with Gasteiger partial charge in [0.15, 0.2) is 12.1 Å². The fraction of sp³-hybridized carbons (Fsp3) is 0.